The van der Waals surface area contributed by atoms with Crippen molar-refractivity contribution in [3.05, 3.63) is 35.6 Å². The Morgan fingerprint density at radius 2 is 2.00 bits per heavy atom. The summed E-state index contributed by atoms with van der Waals surface area (Å²) >= 11 is 0. The molecule has 6 heteroatoms. The van der Waals surface area contributed by atoms with Crippen molar-refractivity contribution in [1.29, 1.82) is 0 Å². The van der Waals surface area contributed by atoms with Gasteiger partial charge in [-0.25, -0.2) is 4.39 Å². The minimum absolute atomic E-state index is 0. The number of likely N-dealkylation sites (tertiary alicyclic amines) is 2. The third kappa shape index (κ3) is 5.09. The van der Waals surface area contributed by atoms with Crippen LogP contribution in [0.2, 0.25) is 0 Å². The summed E-state index contributed by atoms with van der Waals surface area (Å²) in [6.45, 7) is 9.61. The topological polar surface area (TPSA) is 30.9 Å². The minimum atomic E-state index is -0.178. The van der Waals surface area contributed by atoms with Gasteiger partial charge in [-0.2, -0.15) is 0 Å². The molecule has 4 nitrogen and oxygen atoms in total. The molecule has 1 unspecified atom stereocenters. The molecule has 0 bridgehead atoms. The first-order valence-corrected chi connectivity index (χ1v) is 9.45. The van der Waals surface area contributed by atoms with Gasteiger partial charge < -0.3 is 10.2 Å². The third-order valence-corrected chi connectivity index (χ3v) is 5.63. The number of aliphatic imine (C=N–C) groups is 1. The number of hydrogen-bond donors (Lipinski definition) is 1. The quantitative estimate of drug-likeness (QED) is 0.412. The molecule has 3 rings (SSSR count). The molecule has 2 heterocycles. The molecule has 1 atom stereocenters. The highest BCUT2D eigenvalue weighted by Crippen LogP contribution is 2.24. The number of hydrogen-bond acceptors (Lipinski definition) is 2. The maximum absolute atomic E-state index is 13.5. The molecule has 146 valence electrons. The van der Waals surface area contributed by atoms with Gasteiger partial charge in [-0.05, 0) is 50.0 Å². The van der Waals surface area contributed by atoms with Crippen LogP contribution in [0.25, 0.3) is 0 Å². The van der Waals surface area contributed by atoms with Crippen molar-refractivity contribution >= 4 is 29.9 Å². The lowest BCUT2D eigenvalue weighted by Crippen LogP contribution is -2.46. The molecular weight excluding hydrogens is 442 g/mol. The molecule has 1 aromatic rings. The maximum atomic E-state index is 13.5. The lowest BCUT2D eigenvalue weighted by atomic mass is 9.84. The average molecular weight is 474 g/mol. The highest BCUT2D eigenvalue weighted by molar-refractivity contribution is 14.0. The van der Waals surface area contributed by atoms with Crippen molar-refractivity contribution < 1.29 is 4.39 Å². The molecule has 0 amide bonds. The van der Waals surface area contributed by atoms with E-state index in [0.717, 1.165) is 31.2 Å². The van der Waals surface area contributed by atoms with E-state index in [1.54, 1.807) is 12.1 Å². The highest BCUT2D eigenvalue weighted by atomic mass is 127. The average Bonchev–Trinajstić information content (AvgIpc) is 3.27. The summed E-state index contributed by atoms with van der Waals surface area (Å²) in [6.07, 6.45) is 3.89. The van der Waals surface area contributed by atoms with E-state index in [9.17, 15) is 4.39 Å². The fraction of sp³-hybridized carbons (Fsp3) is 0.650. The highest BCUT2D eigenvalue weighted by Gasteiger charge is 2.31. The van der Waals surface area contributed by atoms with E-state index in [2.05, 4.69) is 34.0 Å². The van der Waals surface area contributed by atoms with E-state index in [-0.39, 0.29) is 35.2 Å². The van der Waals surface area contributed by atoms with E-state index in [0.29, 0.717) is 6.04 Å². The van der Waals surface area contributed by atoms with Gasteiger partial charge in [-0.3, -0.25) is 9.89 Å². The predicted molar refractivity (Wildman–Crippen MR) is 117 cm³/mol. The number of halogens is 2. The van der Waals surface area contributed by atoms with Crippen molar-refractivity contribution in [3.63, 3.8) is 0 Å². The fourth-order valence-electron chi connectivity index (χ4n) is 3.98. The molecule has 1 aromatic carbocycles. The lowest BCUT2D eigenvalue weighted by molar-refractivity contribution is 0.249. The van der Waals surface area contributed by atoms with Crippen LogP contribution in [0.15, 0.2) is 29.3 Å². The van der Waals surface area contributed by atoms with Gasteiger partial charge in [0.05, 0.1) is 0 Å². The second-order valence-electron chi connectivity index (χ2n) is 7.93. The van der Waals surface area contributed by atoms with E-state index in [1.807, 2.05) is 13.1 Å². The Labute approximate surface area is 174 Å². The number of nitrogens with zero attached hydrogens (tertiary/aromatic N) is 3. The van der Waals surface area contributed by atoms with Crippen molar-refractivity contribution in [1.82, 2.24) is 15.1 Å². The van der Waals surface area contributed by atoms with Crippen molar-refractivity contribution in [2.75, 3.05) is 39.8 Å². The summed E-state index contributed by atoms with van der Waals surface area (Å²) in [6, 6.07) is 7.56. The first-order valence-electron chi connectivity index (χ1n) is 9.45. The zero-order valence-corrected chi connectivity index (χ0v) is 18.5. The Morgan fingerprint density at radius 1 is 1.27 bits per heavy atom. The Balaban J connectivity index is 0.00000243. The molecule has 0 aromatic heterocycles. The zero-order chi connectivity index (χ0) is 17.9. The molecule has 2 aliphatic heterocycles. The molecule has 0 radical (unpaired) electrons. The smallest absolute Gasteiger partial charge is 0.193 e. The van der Waals surface area contributed by atoms with Crippen LogP contribution in [0.5, 0.6) is 0 Å². The van der Waals surface area contributed by atoms with Gasteiger partial charge in [0, 0.05) is 38.1 Å². The van der Waals surface area contributed by atoms with Crippen LogP contribution in [0.3, 0.4) is 0 Å². The maximum Gasteiger partial charge on any atom is 0.193 e. The monoisotopic (exact) mass is 474 g/mol. The van der Waals surface area contributed by atoms with Crippen LogP contribution in [0.1, 0.15) is 38.7 Å². The van der Waals surface area contributed by atoms with Gasteiger partial charge in [0.2, 0.25) is 0 Å². The number of nitrogens with one attached hydrogen (secondary N) is 1. The summed E-state index contributed by atoms with van der Waals surface area (Å²) in [4.78, 5) is 9.48. The van der Waals surface area contributed by atoms with Crippen molar-refractivity contribution in [2.45, 2.75) is 44.6 Å². The summed E-state index contributed by atoms with van der Waals surface area (Å²) in [5, 5.41) is 3.52. The Kier molecular flexibility index (Phi) is 7.70. The number of rotatable bonds is 4. The van der Waals surface area contributed by atoms with E-state index >= 15 is 0 Å². The predicted octanol–water partition coefficient (Wildman–Crippen LogP) is 3.47. The summed E-state index contributed by atoms with van der Waals surface area (Å²) in [5.74, 6) is 0.786. The largest absolute Gasteiger partial charge is 0.355 e. The van der Waals surface area contributed by atoms with Crippen LogP contribution >= 0.6 is 24.0 Å². The lowest BCUT2D eigenvalue weighted by Gasteiger charge is -2.30. The zero-order valence-electron chi connectivity index (χ0n) is 16.2. The molecule has 0 spiro atoms. The third-order valence-electron chi connectivity index (χ3n) is 5.63. The SMILES string of the molecule is CN=C(NCC(C)(C)c1cccc(F)c1)N1CCC(N2CCCC2)C1.I. The summed E-state index contributed by atoms with van der Waals surface area (Å²) < 4.78 is 13.5. The van der Waals surface area contributed by atoms with Gasteiger partial charge in [0.25, 0.3) is 0 Å². The van der Waals surface area contributed by atoms with Gasteiger partial charge in [0.1, 0.15) is 5.82 Å². The van der Waals surface area contributed by atoms with E-state index in [1.165, 1.54) is 38.4 Å². The molecule has 0 saturated carbocycles. The van der Waals surface area contributed by atoms with Crippen LogP contribution in [0, 0.1) is 5.82 Å². The molecule has 2 fully saturated rings. The van der Waals surface area contributed by atoms with Crippen LogP contribution in [0.4, 0.5) is 4.39 Å². The number of benzene rings is 1. The Hall–Kier alpha value is -0.890. The first-order chi connectivity index (χ1) is 12.0. The van der Waals surface area contributed by atoms with Gasteiger partial charge >= 0.3 is 0 Å². The standard InChI is InChI=1S/C20H31FN4.HI/c1-20(2,16-7-6-8-17(21)13-16)15-23-19(22-3)25-12-9-18(14-25)24-10-4-5-11-24;/h6-8,13,18H,4-5,9-12,14-15H2,1-3H3,(H,22,23);1H. The molecular formula is C20H32FIN4. The molecule has 26 heavy (non-hydrogen) atoms. The molecule has 1 N–H and O–H groups in total. The normalized spacial score (nSPS) is 21.8. The van der Waals surface area contributed by atoms with Crippen LogP contribution in [-0.4, -0.2) is 61.6 Å². The van der Waals surface area contributed by atoms with E-state index in [4.69, 9.17) is 0 Å². The summed E-state index contributed by atoms with van der Waals surface area (Å²) in [7, 11) is 1.85. The van der Waals surface area contributed by atoms with Crippen LogP contribution < -0.4 is 5.32 Å². The van der Waals surface area contributed by atoms with E-state index < -0.39 is 0 Å². The van der Waals surface area contributed by atoms with Gasteiger partial charge in [-0.15, -0.1) is 24.0 Å². The number of guanidine groups is 1. The fourth-order valence-corrected chi connectivity index (χ4v) is 3.98. The van der Waals surface area contributed by atoms with Crippen molar-refractivity contribution in [3.8, 4) is 0 Å². The molecule has 0 aliphatic carbocycles. The second kappa shape index (κ2) is 9.35. The van der Waals surface area contributed by atoms with Gasteiger partial charge in [0.15, 0.2) is 5.96 Å². The summed E-state index contributed by atoms with van der Waals surface area (Å²) in [5.41, 5.74) is 0.846. The molecule has 2 aliphatic rings. The molecule has 2 saturated heterocycles. The van der Waals surface area contributed by atoms with Crippen molar-refractivity contribution in [2.24, 2.45) is 4.99 Å². The second-order valence-corrected chi connectivity index (χ2v) is 7.93. The first kappa shape index (κ1) is 21.4. The Bertz CT molecular complexity index is 614. The van der Waals surface area contributed by atoms with Crippen LogP contribution in [-0.2, 0) is 5.41 Å². The Morgan fingerprint density at radius 3 is 2.65 bits per heavy atom. The van der Waals surface area contributed by atoms with Gasteiger partial charge in [-0.1, -0.05) is 26.0 Å². The minimum Gasteiger partial charge on any atom is -0.355 e.